The Morgan fingerprint density at radius 2 is 1.76 bits per heavy atom. The maximum atomic E-state index is 11.5. The molecule has 2 aromatic carbocycles. The number of ether oxygens (including phenoxy) is 1. The Kier molecular flexibility index (Phi) is 3.55. The average Bonchev–Trinajstić information content (AvgIpc) is 2.78. The van der Waals surface area contributed by atoms with E-state index in [-0.39, 0.29) is 18.2 Å². The molecule has 0 aromatic heterocycles. The van der Waals surface area contributed by atoms with E-state index in [0.29, 0.717) is 5.75 Å². The van der Waals surface area contributed by atoms with Crippen LogP contribution in [0.2, 0.25) is 0 Å². The Morgan fingerprint density at radius 3 is 2.48 bits per heavy atom. The van der Waals surface area contributed by atoms with Gasteiger partial charge in [0.2, 0.25) is 11.8 Å². The van der Waals surface area contributed by atoms with Crippen LogP contribution in [-0.2, 0) is 9.59 Å². The number of hydrogen-bond acceptors (Lipinski definition) is 4. The lowest BCUT2D eigenvalue weighted by molar-refractivity contribution is -0.124. The topological polar surface area (TPSA) is 67.4 Å². The molecule has 1 atom stereocenters. The first-order valence-corrected chi connectivity index (χ1v) is 6.64. The number of carbonyl (C=O) groups excluding carboxylic acids is 2. The fourth-order valence-electron chi connectivity index (χ4n) is 2.15. The van der Waals surface area contributed by atoms with Gasteiger partial charge in [-0.05, 0) is 24.3 Å². The Balaban J connectivity index is 1.71. The van der Waals surface area contributed by atoms with Crippen molar-refractivity contribution in [2.75, 3.05) is 5.32 Å². The van der Waals surface area contributed by atoms with Gasteiger partial charge in [0.15, 0.2) is 0 Å². The second kappa shape index (κ2) is 5.66. The SMILES string of the molecule is O=C1CC(Nc2cccc(Oc3ccccc3)c2)C(=O)N1. The first-order chi connectivity index (χ1) is 10.2. The van der Waals surface area contributed by atoms with Gasteiger partial charge in [-0.1, -0.05) is 24.3 Å². The van der Waals surface area contributed by atoms with Gasteiger partial charge in [-0.15, -0.1) is 0 Å². The Morgan fingerprint density at radius 1 is 1.00 bits per heavy atom. The van der Waals surface area contributed by atoms with Gasteiger partial charge >= 0.3 is 0 Å². The van der Waals surface area contributed by atoms with Crippen molar-refractivity contribution >= 4 is 17.5 Å². The van der Waals surface area contributed by atoms with Crippen molar-refractivity contribution in [1.29, 1.82) is 0 Å². The molecule has 1 aliphatic rings. The summed E-state index contributed by atoms with van der Waals surface area (Å²) < 4.78 is 5.72. The van der Waals surface area contributed by atoms with E-state index in [1.54, 1.807) is 6.07 Å². The zero-order chi connectivity index (χ0) is 14.7. The van der Waals surface area contributed by atoms with Gasteiger partial charge in [0, 0.05) is 11.8 Å². The van der Waals surface area contributed by atoms with Crippen LogP contribution < -0.4 is 15.4 Å². The van der Waals surface area contributed by atoms with E-state index in [2.05, 4.69) is 10.6 Å². The highest BCUT2D eigenvalue weighted by Crippen LogP contribution is 2.24. The van der Waals surface area contributed by atoms with Crippen molar-refractivity contribution < 1.29 is 14.3 Å². The van der Waals surface area contributed by atoms with Crippen LogP contribution in [0.5, 0.6) is 11.5 Å². The van der Waals surface area contributed by atoms with Gasteiger partial charge in [-0.3, -0.25) is 14.9 Å². The number of hydrogen-bond donors (Lipinski definition) is 2. The van der Waals surface area contributed by atoms with Gasteiger partial charge in [-0.25, -0.2) is 0 Å². The molecule has 1 aliphatic heterocycles. The molecule has 5 heteroatoms. The molecule has 0 saturated carbocycles. The van der Waals surface area contributed by atoms with Crippen LogP contribution in [0.4, 0.5) is 5.69 Å². The zero-order valence-corrected chi connectivity index (χ0v) is 11.2. The molecule has 3 rings (SSSR count). The van der Waals surface area contributed by atoms with Crippen molar-refractivity contribution in [2.24, 2.45) is 0 Å². The molecule has 1 saturated heterocycles. The maximum Gasteiger partial charge on any atom is 0.249 e. The number of nitrogens with one attached hydrogen (secondary N) is 2. The van der Waals surface area contributed by atoms with Crippen LogP contribution in [0.3, 0.4) is 0 Å². The molecular weight excluding hydrogens is 268 g/mol. The molecule has 1 fully saturated rings. The van der Waals surface area contributed by atoms with Crippen molar-refractivity contribution in [2.45, 2.75) is 12.5 Å². The summed E-state index contributed by atoms with van der Waals surface area (Å²) in [6.45, 7) is 0. The predicted octanol–water partition coefficient (Wildman–Crippen LogP) is 2.31. The molecule has 2 amide bonds. The van der Waals surface area contributed by atoms with Crippen LogP contribution >= 0.6 is 0 Å². The molecule has 1 unspecified atom stereocenters. The van der Waals surface area contributed by atoms with Crippen molar-refractivity contribution in [3.8, 4) is 11.5 Å². The summed E-state index contributed by atoms with van der Waals surface area (Å²) in [5.74, 6) is 0.850. The molecule has 0 bridgehead atoms. The quantitative estimate of drug-likeness (QED) is 0.844. The molecule has 21 heavy (non-hydrogen) atoms. The third-order valence-electron chi connectivity index (χ3n) is 3.12. The second-order valence-corrected chi connectivity index (χ2v) is 4.76. The van der Waals surface area contributed by atoms with Gasteiger partial charge in [0.1, 0.15) is 17.5 Å². The van der Waals surface area contributed by atoms with E-state index in [9.17, 15) is 9.59 Å². The van der Waals surface area contributed by atoms with Crippen molar-refractivity contribution in [3.05, 3.63) is 54.6 Å². The number of anilines is 1. The minimum absolute atomic E-state index is 0.155. The highest BCUT2D eigenvalue weighted by molar-refractivity contribution is 6.06. The molecule has 0 radical (unpaired) electrons. The van der Waals surface area contributed by atoms with Gasteiger partial charge < -0.3 is 10.1 Å². The number of rotatable bonds is 4. The van der Waals surface area contributed by atoms with Crippen LogP contribution in [0.25, 0.3) is 0 Å². The molecular formula is C16H14N2O3. The molecule has 106 valence electrons. The first-order valence-electron chi connectivity index (χ1n) is 6.64. The summed E-state index contributed by atoms with van der Waals surface area (Å²) >= 11 is 0. The molecule has 0 spiro atoms. The van der Waals surface area contributed by atoms with Crippen LogP contribution in [0.15, 0.2) is 54.6 Å². The minimum Gasteiger partial charge on any atom is -0.457 e. The van der Waals surface area contributed by atoms with Crippen LogP contribution in [0.1, 0.15) is 6.42 Å². The maximum absolute atomic E-state index is 11.5. The fraction of sp³-hybridized carbons (Fsp3) is 0.125. The Labute approximate surface area is 121 Å². The summed E-state index contributed by atoms with van der Waals surface area (Å²) in [7, 11) is 0. The summed E-state index contributed by atoms with van der Waals surface area (Å²) in [6, 6.07) is 16.2. The van der Waals surface area contributed by atoms with Crippen molar-refractivity contribution in [3.63, 3.8) is 0 Å². The van der Waals surface area contributed by atoms with E-state index in [4.69, 9.17) is 4.74 Å². The smallest absolute Gasteiger partial charge is 0.249 e. The molecule has 2 N–H and O–H groups in total. The number of amides is 2. The van der Waals surface area contributed by atoms with Gasteiger partial charge in [0.25, 0.3) is 0 Å². The van der Waals surface area contributed by atoms with Crippen LogP contribution in [-0.4, -0.2) is 17.9 Å². The van der Waals surface area contributed by atoms with Gasteiger partial charge in [0.05, 0.1) is 6.42 Å². The number of carbonyl (C=O) groups is 2. The number of imide groups is 1. The van der Waals surface area contributed by atoms with E-state index in [1.807, 2.05) is 48.5 Å². The van der Waals surface area contributed by atoms with E-state index >= 15 is 0 Å². The molecule has 1 heterocycles. The second-order valence-electron chi connectivity index (χ2n) is 4.76. The standard InChI is InChI=1S/C16H14N2O3/c19-15-10-14(16(20)18-15)17-11-5-4-8-13(9-11)21-12-6-2-1-3-7-12/h1-9,14,17H,10H2,(H,18,19,20). The van der Waals surface area contributed by atoms with Crippen molar-refractivity contribution in [1.82, 2.24) is 5.32 Å². The Hall–Kier alpha value is -2.82. The predicted molar refractivity (Wildman–Crippen MR) is 78.1 cm³/mol. The minimum atomic E-state index is -0.524. The summed E-state index contributed by atoms with van der Waals surface area (Å²) in [5, 5.41) is 5.30. The van der Waals surface area contributed by atoms with Crippen LogP contribution in [0, 0.1) is 0 Å². The fourth-order valence-corrected chi connectivity index (χ4v) is 2.15. The number of para-hydroxylation sites is 1. The molecule has 2 aromatic rings. The summed E-state index contributed by atoms with van der Waals surface area (Å²) in [5.41, 5.74) is 0.735. The van der Waals surface area contributed by atoms with Gasteiger partial charge in [-0.2, -0.15) is 0 Å². The lowest BCUT2D eigenvalue weighted by Gasteiger charge is -2.12. The number of benzene rings is 2. The molecule has 0 aliphatic carbocycles. The average molecular weight is 282 g/mol. The lowest BCUT2D eigenvalue weighted by atomic mass is 10.2. The lowest BCUT2D eigenvalue weighted by Crippen LogP contribution is -2.29. The third-order valence-corrected chi connectivity index (χ3v) is 3.12. The van der Waals surface area contributed by atoms with E-state index < -0.39 is 6.04 Å². The monoisotopic (exact) mass is 282 g/mol. The summed E-state index contributed by atoms with van der Waals surface area (Å²) in [4.78, 5) is 22.7. The highest BCUT2D eigenvalue weighted by atomic mass is 16.5. The van der Waals surface area contributed by atoms with E-state index in [0.717, 1.165) is 11.4 Å². The summed E-state index contributed by atoms with van der Waals surface area (Å²) in [6.07, 6.45) is 0.155. The first kappa shape index (κ1) is 13.2. The van der Waals surface area contributed by atoms with E-state index in [1.165, 1.54) is 0 Å². The largest absolute Gasteiger partial charge is 0.457 e. The Bertz CT molecular complexity index is 670. The third kappa shape index (κ3) is 3.20. The highest BCUT2D eigenvalue weighted by Gasteiger charge is 2.30. The normalized spacial score (nSPS) is 17.4. The zero-order valence-electron chi connectivity index (χ0n) is 11.2. The molecule has 5 nitrogen and oxygen atoms in total.